The van der Waals surface area contributed by atoms with Gasteiger partial charge in [-0.15, -0.1) is 11.3 Å². The average Bonchev–Trinajstić information content (AvgIpc) is 3.07. The maximum absolute atomic E-state index is 13.7. The lowest BCUT2D eigenvalue weighted by atomic mass is 10.2. The first-order valence-electron chi connectivity index (χ1n) is 6.77. The van der Waals surface area contributed by atoms with Gasteiger partial charge in [-0.2, -0.15) is 0 Å². The van der Waals surface area contributed by atoms with Crippen LogP contribution in [0.25, 0.3) is 10.1 Å². The van der Waals surface area contributed by atoms with Gasteiger partial charge in [-0.25, -0.2) is 18.0 Å². The standard InChI is InChI=1S/C15H12F3NO3S/c1-22-14(21)10-6-15(17,18)7-19(10)13(20)11-5-8-3-2-4-9(16)12(8)23-11/h2-5,10H,6-7H2,1H3/t10-/m1/s1. The Morgan fingerprint density at radius 2 is 2.13 bits per heavy atom. The van der Waals surface area contributed by atoms with Gasteiger partial charge >= 0.3 is 5.97 Å². The Kier molecular flexibility index (Phi) is 3.79. The summed E-state index contributed by atoms with van der Waals surface area (Å²) in [7, 11) is 1.08. The molecule has 3 rings (SSSR count). The molecule has 1 amide bonds. The summed E-state index contributed by atoms with van der Waals surface area (Å²) in [6.07, 6.45) is -0.773. The maximum atomic E-state index is 13.7. The molecular weight excluding hydrogens is 331 g/mol. The molecular formula is C15H12F3NO3S. The van der Waals surface area contributed by atoms with Crippen molar-refractivity contribution in [3.8, 4) is 0 Å². The number of likely N-dealkylation sites (tertiary alicyclic amines) is 1. The van der Waals surface area contributed by atoms with Gasteiger partial charge in [0.15, 0.2) is 0 Å². The number of nitrogens with zero attached hydrogens (tertiary/aromatic N) is 1. The van der Waals surface area contributed by atoms with E-state index >= 15 is 0 Å². The second-order valence-corrected chi connectivity index (χ2v) is 6.35. The lowest BCUT2D eigenvalue weighted by Crippen LogP contribution is -2.41. The van der Waals surface area contributed by atoms with Crippen LogP contribution in [0.5, 0.6) is 0 Å². The van der Waals surface area contributed by atoms with Crippen LogP contribution in [-0.2, 0) is 9.53 Å². The summed E-state index contributed by atoms with van der Waals surface area (Å²) in [5.41, 5.74) is 0. The number of halogens is 3. The Morgan fingerprint density at radius 3 is 2.78 bits per heavy atom. The molecule has 0 aliphatic carbocycles. The molecule has 0 spiro atoms. The smallest absolute Gasteiger partial charge is 0.328 e. The number of ether oxygens (including phenoxy) is 1. The number of thiophene rings is 1. The summed E-state index contributed by atoms with van der Waals surface area (Å²) in [6.45, 7) is -0.859. The molecule has 1 saturated heterocycles. The number of fused-ring (bicyclic) bond motifs is 1. The van der Waals surface area contributed by atoms with Gasteiger partial charge in [0.05, 0.1) is 23.2 Å². The molecule has 0 radical (unpaired) electrons. The van der Waals surface area contributed by atoms with Gasteiger partial charge in [-0.1, -0.05) is 12.1 Å². The van der Waals surface area contributed by atoms with Crippen molar-refractivity contribution in [3.63, 3.8) is 0 Å². The van der Waals surface area contributed by atoms with E-state index in [0.717, 1.165) is 23.3 Å². The van der Waals surface area contributed by atoms with E-state index < -0.39 is 42.6 Å². The number of carbonyl (C=O) groups is 2. The number of hydrogen-bond acceptors (Lipinski definition) is 4. The first-order chi connectivity index (χ1) is 10.8. The van der Waals surface area contributed by atoms with Crippen molar-refractivity contribution < 1.29 is 27.5 Å². The van der Waals surface area contributed by atoms with E-state index in [-0.39, 0.29) is 9.58 Å². The number of amides is 1. The summed E-state index contributed by atoms with van der Waals surface area (Å²) in [5.74, 6) is -5.25. The number of hydrogen-bond donors (Lipinski definition) is 0. The number of carbonyl (C=O) groups excluding carboxylic acids is 2. The van der Waals surface area contributed by atoms with Crippen LogP contribution in [0, 0.1) is 5.82 Å². The number of rotatable bonds is 2. The van der Waals surface area contributed by atoms with Crippen molar-refractivity contribution in [2.24, 2.45) is 0 Å². The van der Waals surface area contributed by atoms with Crippen molar-refractivity contribution in [2.45, 2.75) is 18.4 Å². The van der Waals surface area contributed by atoms with Gasteiger partial charge in [0.25, 0.3) is 11.8 Å². The molecule has 0 N–H and O–H groups in total. The number of alkyl halides is 2. The number of esters is 1. The first kappa shape index (κ1) is 15.8. The van der Waals surface area contributed by atoms with E-state index in [1.165, 1.54) is 18.2 Å². The van der Waals surface area contributed by atoms with Crippen molar-refractivity contribution in [1.82, 2.24) is 4.90 Å². The van der Waals surface area contributed by atoms with E-state index in [0.29, 0.717) is 5.39 Å². The molecule has 1 fully saturated rings. The number of methoxy groups -OCH3 is 1. The molecule has 0 saturated carbocycles. The van der Waals surface area contributed by atoms with Crippen molar-refractivity contribution in [2.75, 3.05) is 13.7 Å². The minimum absolute atomic E-state index is 0.108. The second-order valence-electron chi connectivity index (χ2n) is 5.30. The third-order valence-electron chi connectivity index (χ3n) is 3.71. The fraction of sp³-hybridized carbons (Fsp3) is 0.333. The van der Waals surface area contributed by atoms with Gasteiger partial charge in [0.2, 0.25) is 0 Å². The summed E-state index contributed by atoms with van der Waals surface area (Å²) >= 11 is 0.877. The molecule has 23 heavy (non-hydrogen) atoms. The fourth-order valence-corrected chi connectivity index (χ4v) is 3.67. The van der Waals surface area contributed by atoms with Crippen LogP contribution in [0.3, 0.4) is 0 Å². The van der Waals surface area contributed by atoms with Crippen molar-refractivity contribution in [3.05, 3.63) is 35.0 Å². The Labute approximate surface area is 133 Å². The number of benzene rings is 1. The van der Waals surface area contributed by atoms with Gasteiger partial charge in [0, 0.05) is 6.42 Å². The Hall–Kier alpha value is -2.09. The van der Waals surface area contributed by atoms with Crippen molar-refractivity contribution >= 4 is 33.3 Å². The zero-order chi connectivity index (χ0) is 16.8. The summed E-state index contributed by atoms with van der Waals surface area (Å²) < 4.78 is 45.7. The predicted molar refractivity (Wildman–Crippen MR) is 78.2 cm³/mol. The molecule has 8 heteroatoms. The van der Waals surface area contributed by atoms with Crippen LogP contribution in [0.1, 0.15) is 16.1 Å². The minimum Gasteiger partial charge on any atom is -0.467 e. The SMILES string of the molecule is COC(=O)[C@H]1CC(F)(F)CN1C(=O)c1cc2cccc(F)c2s1. The predicted octanol–water partition coefficient (Wildman–Crippen LogP) is 3.06. The molecule has 2 aromatic rings. The average molecular weight is 343 g/mol. The van der Waals surface area contributed by atoms with E-state index in [1.54, 1.807) is 6.07 Å². The van der Waals surface area contributed by atoms with Crippen LogP contribution in [-0.4, -0.2) is 42.4 Å². The lowest BCUT2D eigenvalue weighted by Gasteiger charge is -2.21. The molecule has 1 atom stereocenters. The summed E-state index contributed by atoms with van der Waals surface area (Å²) in [5, 5.41) is 0.513. The molecule has 1 aromatic heterocycles. The van der Waals surface area contributed by atoms with Gasteiger partial charge in [0.1, 0.15) is 11.9 Å². The third-order valence-corrected chi connectivity index (χ3v) is 4.86. The van der Waals surface area contributed by atoms with Crippen LogP contribution in [0.2, 0.25) is 0 Å². The molecule has 1 aromatic carbocycles. The zero-order valence-electron chi connectivity index (χ0n) is 12.0. The molecule has 1 aliphatic heterocycles. The molecule has 4 nitrogen and oxygen atoms in total. The van der Waals surface area contributed by atoms with Gasteiger partial charge in [-0.3, -0.25) is 4.79 Å². The minimum atomic E-state index is -3.16. The topological polar surface area (TPSA) is 46.6 Å². The Bertz CT molecular complexity index is 789. The van der Waals surface area contributed by atoms with E-state index in [4.69, 9.17) is 0 Å². The Balaban J connectivity index is 1.96. The largest absolute Gasteiger partial charge is 0.467 e. The highest BCUT2D eigenvalue weighted by molar-refractivity contribution is 7.20. The maximum Gasteiger partial charge on any atom is 0.328 e. The summed E-state index contributed by atoms with van der Waals surface area (Å²) in [4.78, 5) is 25.1. The molecule has 0 bridgehead atoms. The monoisotopic (exact) mass is 343 g/mol. The van der Waals surface area contributed by atoms with Crippen LogP contribution in [0.4, 0.5) is 13.2 Å². The molecule has 0 unspecified atom stereocenters. The zero-order valence-corrected chi connectivity index (χ0v) is 12.8. The highest BCUT2D eigenvalue weighted by Crippen LogP contribution is 2.36. The molecule has 2 heterocycles. The normalized spacial score (nSPS) is 20.0. The van der Waals surface area contributed by atoms with E-state index in [9.17, 15) is 22.8 Å². The molecule has 1 aliphatic rings. The lowest BCUT2D eigenvalue weighted by molar-refractivity contribution is -0.145. The second kappa shape index (κ2) is 5.52. The van der Waals surface area contributed by atoms with Crippen LogP contribution < -0.4 is 0 Å². The fourth-order valence-electron chi connectivity index (χ4n) is 2.65. The highest BCUT2D eigenvalue weighted by Gasteiger charge is 2.50. The first-order valence-corrected chi connectivity index (χ1v) is 7.59. The van der Waals surface area contributed by atoms with E-state index in [2.05, 4.69) is 4.74 Å². The molecule has 122 valence electrons. The highest BCUT2D eigenvalue weighted by atomic mass is 32.1. The van der Waals surface area contributed by atoms with E-state index in [1.807, 2.05) is 0 Å². The third kappa shape index (κ3) is 2.78. The Morgan fingerprint density at radius 1 is 1.39 bits per heavy atom. The summed E-state index contributed by atoms with van der Waals surface area (Å²) in [6, 6.07) is 4.49. The quantitative estimate of drug-likeness (QED) is 0.788. The van der Waals surface area contributed by atoms with Gasteiger partial charge in [-0.05, 0) is 17.5 Å². The van der Waals surface area contributed by atoms with Gasteiger partial charge < -0.3 is 9.64 Å². The van der Waals surface area contributed by atoms with Crippen molar-refractivity contribution in [1.29, 1.82) is 0 Å². The van der Waals surface area contributed by atoms with Crippen LogP contribution in [0.15, 0.2) is 24.3 Å². The van der Waals surface area contributed by atoms with Crippen LogP contribution >= 0.6 is 11.3 Å².